The van der Waals surface area contributed by atoms with Gasteiger partial charge in [0.15, 0.2) is 0 Å². The zero-order valence-electron chi connectivity index (χ0n) is 11.1. The Morgan fingerprint density at radius 3 is 2.50 bits per heavy atom. The third-order valence-electron chi connectivity index (χ3n) is 4.82. The molecule has 0 aromatic rings. The van der Waals surface area contributed by atoms with Crippen molar-refractivity contribution < 1.29 is 0 Å². The van der Waals surface area contributed by atoms with Crippen LogP contribution in [-0.4, -0.2) is 36.6 Å². The fourth-order valence-electron chi connectivity index (χ4n) is 3.40. The molecule has 0 amide bonds. The number of nitrogens with one attached hydrogen (secondary N) is 1. The van der Waals surface area contributed by atoms with Crippen LogP contribution >= 0.6 is 0 Å². The van der Waals surface area contributed by atoms with E-state index in [-0.39, 0.29) is 0 Å². The van der Waals surface area contributed by atoms with Crippen LogP contribution in [0.3, 0.4) is 0 Å². The van der Waals surface area contributed by atoms with Gasteiger partial charge in [0.1, 0.15) is 0 Å². The quantitative estimate of drug-likeness (QED) is 0.790. The highest BCUT2D eigenvalue weighted by Gasteiger charge is 2.34. The molecule has 0 spiro atoms. The van der Waals surface area contributed by atoms with Crippen LogP contribution in [0.4, 0.5) is 0 Å². The Hall–Kier alpha value is -0.0800. The zero-order valence-corrected chi connectivity index (χ0v) is 11.1. The van der Waals surface area contributed by atoms with Crippen molar-refractivity contribution in [1.82, 2.24) is 10.2 Å². The standard InChI is InChI=1S/C14H28N2/c1-3-13-6-10-16(11-7-13)12-14(4-2)8-5-9-15-14/h13,15H,3-12H2,1-2H3. The molecule has 0 saturated carbocycles. The van der Waals surface area contributed by atoms with Crippen LogP contribution < -0.4 is 5.32 Å². The number of hydrogen-bond donors (Lipinski definition) is 1. The summed E-state index contributed by atoms with van der Waals surface area (Å²) in [6.45, 7) is 9.88. The van der Waals surface area contributed by atoms with Gasteiger partial charge in [0.25, 0.3) is 0 Å². The first-order valence-corrected chi connectivity index (χ1v) is 7.25. The maximum atomic E-state index is 3.75. The van der Waals surface area contributed by atoms with E-state index < -0.39 is 0 Å². The molecule has 16 heavy (non-hydrogen) atoms. The molecule has 1 unspecified atom stereocenters. The summed E-state index contributed by atoms with van der Waals surface area (Å²) in [4.78, 5) is 2.70. The molecule has 2 nitrogen and oxygen atoms in total. The highest BCUT2D eigenvalue weighted by molar-refractivity contribution is 4.95. The average Bonchev–Trinajstić information content (AvgIpc) is 2.79. The molecule has 0 aromatic heterocycles. The van der Waals surface area contributed by atoms with Crippen molar-refractivity contribution in [2.45, 2.75) is 57.9 Å². The second kappa shape index (κ2) is 5.50. The lowest BCUT2D eigenvalue weighted by Crippen LogP contribution is -2.51. The maximum Gasteiger partial charge on any atom is 0.0306 e. The molecule has 2 heteroatoms. The fraction of sp³-hybridized carbons (Fsp3) is 1.00. The molecule has 94 valence electrons. The molecule has 2 rings (SSSR count). The smallest absolute Gasteiger partial charge is 0.0306 e. The summed E-state index contributed by atoms with van der Waals surface area (Å²) < 4.78 is 0. The molecule has 2 aliphatic heterocycles. The first-order valence-electron chi connectivity index (χ1n) is 7.25. The van der Waals surface area contributed by atoms with Gasteiger partial charge in [-0.05, 0) is 57.7 Å². The Morgan fingerprint density at radius 1 is 1.25 bits per heavy atom. The van der Waals surface area contributed by atoms with Crippen molar-refractivity contribution in [1.29, 1.82) is 0 Å². The lowest BCUT2D eigenvalue weighted by molar-refractivity contribution is 0.135. The molecule has 0 aliphatic carbocycles. The van der Waals surface area contributed by atoms with E-state index in [9.17, 15) is 0 Å². The highest BCUT2D eigenvalue weighted by Crippen LogP contribution is 2.27. The van der Waals surface area contributed by atoms with Gasteiger partial charge in [-0.3, -0.25) is 0 Å². The van der Waals surface area contributed by atoms with E-state index in [2.05, 4.69) is 24.1 Å². The Morgan fingerprint density at radius 2 is 2.00 bits per heavy atom. The van der Waals surface area contributed by atoms with E-state index in [1.165, 1.54) is 64.7 Å². The zero-order chi connectivity index (χ0) is 11.4. The van der Waals surface area contributed by atoms with E-state index in [1.54, 1.807) is 0 Å². The summed E-state index contributed by atoms with van der Waals surface area (Å²) >= 11 is 0. The van der Waals surface area contributed by atoms with Crippen molar-refractivity contribution in [3.63, 3.8) is 0 Å². The molecule has 0 radical (unpaired) electrons. The number of rotatable bonds is 4. The summed E-state index contributed by atoms with van der Waals surface area (Å²) in [6.07, 6.45) is 8.29. The van der Waals surface area contributed by atoms with Crippen LogP contribution in [0.5, 0.6) is 0 Å². The van der Waals surface area contributed by atoms with Crippen LogP contribution in [0.1, 0.15) is 52.4 Å². The van der Waals surface area contributed by atoms with Gasteiger partial charge in [-0.2, -0.15) is 0 Å². The van der Waals surface area contributed by atoms with Gasteiger partial charge in [-0.1, -0.05) is 20.3 Å². The number of piperidine rings is 1. The third kappa shape index (κ3) is 2.78. The van der Waals surface area contributed by atoms with Gasteiger partial charge >= 0.3 is 0 Å². The van der Waals surface area contributed by atoms with Gasteiger partial charge < -0.3 is 10.2 Å². The number of nitrogens with zero attached hydrogens (tertiary/aromatic N) is 1. The Kier molecular flexibility index (Phi) is 4.26. The normalized spacial score (nSPS) is 33.4. The molecule has 1 atom stereocenters. The second-order valence-corrected chi connectivity index (χ2v) is 5.79. The average molecular weight is 224 g/mol. The lowest BCUT2D eigenvalue weighted by Gasteiger charge is -2.38. The summed E-state index contributed by atoms with van der Waals surface area (Å²) in [6, 6.07) is 0. The SMILES string of the molecule is CCC1CCN(CC2(CC)CCCN2)CC1. The molecule has 1 N–H and O–H groups in total. The third-order valence-corrected chi connectivity index (χ3v) is 4.82. The molecule has 0 aromatic carbocycles. The van der Waals surface area contributed by atoms with Crippen LogP contribution in [-0.2, 0) is 0 Å². The lowest BCUT2D eigenvalue weighted by atomic mass is 9.90. The first kappa shape index (κ1) is 12.4. The van der Waals surface area contributed by atoms with Crippen LogP contribution in [0.2, 0.25) is 0 Å². The summed E-state index contributed by atoms with van der Waals surface area (Å²) in [5.41, 5.74) is 0.457. The minimum absolute atomic E-state index is 0.457. The maximum absolute atomic E-state index is 3.75. The van der Waals surface area contributed by atoms with E-state index in [4.69, 9.17) is 0 Å². The van der Waals surface area contributed by atoms with Gasteiger partial charge in [-0.25, -0.2) is 0 Å². The van der Waals surface area contributed by atoms with Crippen molar-refractivity contribution in [2.24, 2.45) is 5.92 Å². The monoisotopic (exact) mass is 224 g/mol. The molecule has 0 bridgehead atoms. The van der Waals surface area contributed by atoms with Crippen molar-refractivity contribution in [3.8, 4) is 0 Å². The molecule has 2 aliphatic rings. The molecular weight excluding hydrogens is 196 g/mol. The van der Waals surface area contributed by atoms with E-state index >= 15 is 0 Å². The number of likely N-dealkylation sites (tertiary alicyclic amines) is 1. The largest absolute Gasteiger partial charge is 0.310 e. The van der Waals surface area contributed by atoms with E-state index in [0.717, 1.165) is 5.92 Å². The molecule has 2 saturated heterocycles. The van der Waals surface area contributed by atoms with Gasteiger partial charge in [-0.15, -0.1) is 0 Å². The predicted octanol–water partition coefficient (Wildman–Crippen LogP) is 2.64. The van der Waals surface area contributed by atoms with Gasteiger partial charge in [0.2, 0.25) is 0 Å². The highest BCUT2D eigenvalue weighted by atomic mass is 15.2. The number of hydrogen-bond acceptors (Lipinski definition) is 2. The second-order valence-electron chi connectivity index (χ2n) is 5.79. The minimum Gasteiger partial charge on any atom is -0.310 e. The summed E-state index contributed by atoms with van der Waals surface area (Å²) in [5.74, 6) is 1.00. The Bertz CT molecular complexity index is 201. The van der Waals surface area contributed by atoms with Crippen LogP contribution in [0.15, 0.2) is 0 Å². The molecular formula is C14H28N2. The first-order chi connectivity index (χ1) is 7.78. The summed E-state index contributed by atoms with van der Waals surface area (Å²) in [5, 5.41) is 3.75. The van der Waals surface area contributed by atoms with Crippen LogP contribution in [0.25, 0.3) is 0 Å². The van der Waals surface area contributed by atoms with Gasteiger partial charge in [0.05, 0.1) is 0 Å². The van der Waals surface area contributed by atoms with Crippen LogP contribution in [0, 0.1) is 5.92 Å². The molecule has 2 heterocycles. The van der Waals surface area contributed by atoms with E-state index in [0.29, 0.717) is 5.54 Å². The Labute approximate surface area is 101 Å². The predicted molar refractivity (Wildman–Crippen MR) is 69.7 cm³/mol. The van der Waals surface area contributed by atoms with Crippen molar-refractivity contribution >= 4 is 0 Å². The molecule has 2 fully saturated rings. The topological polar surface area (TPSA) is 15.3 Å². The van der Waals surface area contributed by atoms with E-state index in [1.807, 2.05) is 0 Å². The fourth-order valence-corrected chi connectivity index (χ4v) is 3.40. The van der Waals surface area contributed by atoms with Gasteiger partial charge in [0, 0.05) is 12.1 Å². The summed E-state index contributed by atoms with van der Waals surface area (Å²) in [7, 11) is 0. The van der Waals surface area contributed by atoms with Crippen molar-refractivity contribution in [2.75, 3.05) is 26.2 Å². The van der Waals surface area contributed by atoms with Crippen molar-refractivity contribution in [3.05, 3.63) is 0 Å². The minimum atomic E-state index is 0.457. The Balaban J connectivity index is 1.81.